The SMILES string of the molecule is Cc1ncc([N+](=O)[O-])cc1C(=O)NC(CO)CC(C)(C)C. The Morgan fingerprint density at radius 1 is 1.52 bits per heavy atom. The number of aliphatic hydroxyl groups excluding tert-OH is 1. The number of nitrogens with one attached hydrogen (secondary N) is 1. The zero-order valence-electron chi connectivity index (χ0n) is 12.7. The fraction of sp³-hybridized carbons (Fsp3) is 0.571. The Labute approximate surface area is 123 Å². The first-order chi connectivity index (χ1) is 9.64. The van der Waals surface area contributed by atoms with Crippen LogP contribution in [0.1, 0.15) is 43.2 Å². The van der Waals surface area contributed by atoms with Crippen LogP contribution >= 0.6 is 0 Å². The molecule has 0 saturated carbocycles. The molecule has 0 saturated heterocycles. The third-order valence-corrected chi connectivity index (χ3v) is 2.94. The third kappa shape index (κ3) is 5.11. The standard InChI is InChI=1S/C14H21N3O4/c1-9-12(5-11(7-15-9)17(20)21)13(19)16-10(8-18)6-14(2,3)4/h5,7,10,18H,6,8H2,1-4H3,(H,16,19). The van der Waals surface area contributed by atoms with E-state index in [2.05, 4.69) is 10.3 Å². The molecule has 116 valence electrons. The van der Waals surface area contributed by atoms with Gasteiger partial charge in [-0.3, -0.25) is 19.9 Å². The largest absolute Gasteiger partial charge is 0.394 e. The van der Waals surface area contributed by atoms with E-state index < -0.39 is 16.9 Å². The van der Waals surface area contributed by atoms with Gasteiger partial charge in [-0.2, -0.15) is 0 Å². The molecule has 1 heterocycles. The van der Waals surface area contributed by atoms with Gasteiger partial charge in [0.25, 0.3) is 11.6 Å². The molecule has 0 bridgehead atoms. The average Bonchev–Trinajstić information content (AvgIpc) is 2.36. The van der Waals surface area contributed by atoms with E-state index in [1.807, 2.05) is 20.8 Å². The van der Waals surface area contributed by atoms with Gasteiger partial charge in [-0.25, -0.2) is 0 Å². The molecule has 1 aromatic rings. The molecule has 1 unspecified atom stereocenters. The molecule has 21 heavy (non-hydrogen) atoms. The smallest absolute Gasteiger partial charge is 0.288 e. The number of pyridine rings is 1. The normalized spacial score (nSPS) is 12.8. The van der Waals surface area contributed by atoms with Crippen LogP contribution in [0, 0.1) is 22.5 Å². The van der Waals surface area contributed by atoms with Gasteiger partial charge >= 0.3 is 0 Å². The number of hydrogen-bond donors (Lipinski definition) is 2. The number of aromatic nitrogens is 1. The van der Waals surface area contributed by atoms with Crippen molar-refractivity contribution in [2.75, 3.05) is 6.61 Å². The predicted octanol–water partition coefficient (Wildman–Crippen LogP) is 1.83. The van der Waals surface area contributed by atoms with E-state index in [1.165, 1.54) is 6.07 Å². The van der Waals surface area contributed by atoms with Gasteiger partial charge in [0.15, 0.2) is 0 Å². The van der Waals surface area contributed by atoms with Crippen molar-refractivity contribution >= 4 is 11.6 Å². The number of rotatable bonds is 5. The van der Waals surface area contributed by atoms with Crippen LogP contribution in [0.25, 0.3) is 0 Å². The van der Waals surface area contributed by atoms with Gasteiger partial charge in [-0.05, 0) is 18.8 Å². The first-order valence-corrected chi connectivity index (χ1v) is 6.67. The van der Waals surface area contributed by atoms with E-state index in [4.69, 9.17) is 0 Å². The summed E-state index contributed by atoms with van der Waals surface area (Å²) >= 11 is 0. The van der Waals surface area contributed by atoms with Crippen LogP contribution in [0.3, 0.4) is 0 Å². The molecule has 0 aliphatic heterocycles. The number of nitro groups is 1. The summed E-state index contributed by atoms with van der Waals surface area (Å²) in [6.07, 6.45) is 1.71. The summed E-state index contributed by atoms with van der Waals surface area (Å²) in [5.41, 5.74) is 0.264. The van der Waals surface area contributed by atoms with Crippen molar-refractivity contribution in [3.63, 3.8) is 0 Å². The Bertz CT molecular complexity index is 538. The summed E-state index contributed by atoms with van der Waals surface area (Å²) in [6, 6.07) is 0.791. The van der Waals surface area contributed by atoms with Gasteiger partial charge in [-0.15, -0.1) is 0 Å². The van der Waals surface area contributed by atoms with Crippen molar-refractivity contribution in [2.24, 2.45) is 5.41 Å². The van der Waals surface area contributed by atoms with E-state index in [0.29, 0.717) is 12.1 Å². The highest BCUT2D eigenvalue weighted by molar-refractivity contribution is 5.95. The molecule has 0 aliphatic carbocycles. The van der Waals surface area contributed by atoms with Crippen LogP contribution in [-0.2, 0) is 0 Å². The number of hydrogen-bond acceptors (Lipinski definition) is 5. The van der Waals surface area contributed by atoms with Crippen LogP contribution < -0.4 is 5.32 Å². The number of carbonyl (C=O) groups excluding carboxylic acids is 1. The van der Waals surface area contributed by atoms with Crippen LogP contribution in [0.4, 0.5) is 5.69 Å². The highest BCUT2D eigenvalue weighted by Gasteiger charge is 2.22. The number of aliphatic hydroxyl groups is 1. The van der Waals surface area contributed by atoms with Crippen molar-refractivity contribution in [2.45, 2.75) is 40.2 Å². The second kappa shape index (κ2) is 6.62. The second-order valence-corrected chi connectivity index (χ2v) is 6.20. The molecule has 7 heteroatoms. The molecule has 1 aromatic heterocycles. The number of carbonyl (C=O) groups is 1. The molecule has 1 amide bonds. The highest BCUT2D eigenvalue weighted by Crippen LogP contribution is 2.21. The van der Waals surface area contributed by atoms with Crippen LogP contribution in [0.5, 0.6) is 0 Å². The van der Waals surface area contributed by atoms with Crippen LogP contribution in [-0.4, -0.2) is 33.6 Å². The minimum atomic E-state index is -0.595. The summed E-state index contributed by atoms with van der Waals surface area (Å²) in [4.78, 5) is 26.2. The Kier molecular flexibility index (Phi) is 5.37. The molecule has 0 radical (unpaired) electrons. The minimum Gasteiger partial charge on any atom is -0.394 e. The van der Waals surface area contributed by atoms with Gasteiger partial charge in [0.1, 0.15) is 6.20 Å². The van der Waals surface area contributed by atoms with Crippen molar-refractivity contribution in [1.82, 2.24) is 10.3 Å². The maximum absolute atomic E-state index is 12.2. The molecule has 1 rings (SSSR count). The Morgan fingerprint density at radius 3 is 2.62 bits per heavy atom. The van der Waals surface area contributed by atoms with Crippen LogP contribution in [0.2, 0.25) is 0 Å². The maximum Gasteiger partial charge on any atom is 0.288 e. The highest BCUT2D eigenvalue weighted by atomic mass is 16.6. The lowest BCUT2D eigenvalue weighted by Crippen LogP contribution is -2.40. The zero-order chi connectivity index (χ0) is 16.2. The van der Waals surface area contributed by atoms with E-state index in [9.17, 15) is 20.0 Å². The summed E-state index contributed by atoms with van der Waals surface area (Å²) in [6.45, 7) is 7.42. The molecule has 0 aromatic carbocycles. The van der Waals surface area contributed by atoms with E-state index in [-0.39, 0.29) is 23.3 Å². The van der Waals surface area contributed by atoms with Crippen molar-refractivity contribution in [3.8, 4) is 0 Å². The Hall–Kier alpha value is -2.02. The van der Waals surface area contributed by atoms with Gasteiger partial charge in [0.05, 0.1) is 28.8 Å². The first-order valence-electron chi connectivity index (χ1n) is 6.67. The average molecular weight is 295 g/mol. The minimum absolute atomic E-state index is 0.0589. The molecule has 0 aliphatic rings. The molecule has 2 N–H and O–H groups in total. The Balaban J connectivity index is 2.92. The molecular weight excluding hydrogens is 274 g/mol. The summed E-state index contributed by atoms with van der Waals surface area (Å²) in [7, 11) is 0. The van der Waals surface area contributed by atoms with Gasteiger partial charge < -0.3 is 10.4 Å². The van der Waals surface area contributed by atoms with Crippen LogP contribution in [0.15, 0.2) is 12.3 Å². The van der Waals surface area contributed by atoms with Crippen molar-refractivity contribution in [1.29, 1.82) is 0 Å². The monoisotopic (exact) mass is 295 g/mol. The number of aryl methyl sites for hydroxylation is 1. The molecular formula is C14H21N3O4. The first kappa shape index (κ1) is 17.0. The Morgan fingerprint density at radius 2 is 2.14 bits per heavy atom. The fourth-order valence-electron chi connectivity index (χ4n) is 2.02. The van der Waals surface area contributed by atoms with E-state index in [1.54, 1.807) is 6.92 Å². The van der Waals surface area contributed by atoms with Gasteiger partial charge in [-0.1, -0.05) is 20.8 Å². The fourth-order valence-corrected chi connectivity index (χ4v) is 2.02. The number of nitrogens with zero attached hydrogens (tertiary/aromatic N) is 2. The lowest BCUT2D eigenvalue weighted by atomic mass is 9.88. The maximum atomic E-state index is 12.2. The summed E-state index contributed by atoms with van der Waals surface area (Å²) < 4.78 is 0. The molecule has 0 fully saturated rings. The zero-order valence-corrected chi connectivity index (χ0v) is 12.7. The van der Waals surface area contributed by atoms with Crippen molar-refractivity contribution in [3.05, 3.63) is 33.6 Å². The molecule has 1 atom stereocenters. The third-order valence-electron chi connectivity index (χ3n) is 2.94. The van der Waals surface area contributed by atoms with E-state index >= 15 is 0 Å². The number of amides is 1. The lowest BCUT2D eigenvalue weighted by Gasteiger charge is -2.25. The summed E-state index contributed by atoms with van der Waals surface area (Å²) in [5.74, 6) is -0.466. The lowest BCUT2D eigenvalue weighted by molar-refractivity contribution is -0.385. The summed E-state index contributed by atoms with van der Waals surface area (Å²) in [5, 5.41) is 22.8. The predicted molar refractivity (Wildman–Crippen MR) is 78.0 cm³/mol. The molecule has 0 spiro atoms. The quantitative estimate of drug-likeness (QED) is 0.636. The topological polar surface area (TPSA) is 105 Å². The second-order valence-electron chi connectivity index (χ2n) is 6.20. The van der Waals surface area contributed by atoms with Gasteiger partial charge in [0.2, 0.25) is 0 Å². The van der Waals surface area contributed by atoms with Gasteiger partial charge in [0, 0.05) is 6.07 Å². The van der Waals surface area contributed by atoms with Crippen molar-refractivity contribution < 1.29 is 14.8 Å². The van der Waals surface area contributed by atoms with E-state index in [0.717, 1.165) is 6.20 Å². The molecule has 7 nitrogen and oxygen atoms in total.